The molecule has 33 heavy (non-hydrogen) atoms. The predicted molar refractivity (Wildman–Crippen MR) is 129 cm³/mol. The number of aromatic nitrogens is 2. The van der Waals surface area contributed by atoms with E-state index in [1.807, 2.05) is 55.5 Å². The van der Waals surface area contributed by atoms with Gasteiger partial charge in [-0.2, -0.15) is 0 Å². The fourth-order valence-corrected chi connectivity index (χ4v) is 4.61. The van der Waals surface area contributed by atoms with Gasteiger partial charge in [0, 0.05) is 37.7 Å². The van der Waals surface area contributed by atoms with Crippen LogP contribution in [0.5, 0.6) is 0 Å². The lowest BCUT2D eigenvalue weighted by Gasteiger charge is -2.30. The van der Waals surface area contributed by atoms with Crippen LogP contribution in [0, 0.1) is 5.92 Å². The van der Waals surface area contributed by atoms with Crippen molar-refractivity contribution in [3.8, 4) is 0 Å². The Morgan fingerprint density at radius 2 is 1.73 bits per heavy atom. The number of hydrogen-bond donors (Lipinski definition) is 2. The molecular weight excluding hydrogens is 418 g/mol. The van der Waals surface area contributed by atoms with Gasteiger partial charge >= 0.3 is 5.69 Å². The Labute approximate surface area is 193 Å². The third-order valence-corrected chi connectivity index (χ3v) is 6.41. The predicted octanol–water partition coefficient (Wildman–Crippen LogP) is 2.55. The number of likely N-dealkylation sites (tertiary alicyclic amines) is 1. The van der Waals surface area contributed by atoms with E-state index in [1.165, 1.54) is 0 Å². The van der Waals surface area contributed by atoms with Crippen LogP contribution in [0.15, 0.2) is 53.3 Å². The first-order valence-corrected chi connectivity index (χ1v) is 11.5. The molecule has 0 unspecified atom stereocenters. The number of nitrogens with one attached hydrogen (secondary N) is 1. The van der Waals surface area contributed by atoms with Crippen LogP contribution in [0.25, 0.3) is 11.0 Å². The fourth-order valence-electron chi connectivity index (χ4n) is 4.61. The SMILES string of the molecule is CCn1c(=O)n(CCC(=O)Nc2cccc(CN3CCC(C(N)=O)CC3)c2)c2ccccc21. The zero-order valence-electron chi connectivity index (χ0n) is 19.0. The van der Waals surface area contributed by atoms with Gasteiger partial charge in [-0.15, -0.1) is 0 Å². The molecule has 174 valence electrons. The van der Waals surface area contributed by atoms with Crippen LogP contribution in [0.2, 0.25) is 0 Å². The maximum absolute atomic E-state index is 12.7. The van der Waals surface area contributed by atoms with Gasteiger partial charge in [0.1, 0.15) is 0 Å². The standard InChI is InChI=1S/C25H31N5O3/c1-2-29-21-8-3-4-9-22(21)30(25(29)33)15-12-23(31)27-20-7-5-6-18(16-20)17-28-13-10-19(11-14-28)24(26)32/h3-9,16,19H,2,10-15,17H2,1H3,(H2,26,32)(H,27,31). The largest absolute Gasteiger partial charge is 0.369 e. The van der Waals surface area contributed by atoms with E-state index in [2.05, 4.69) is 10.2 Å². The second-order valence-electron chi connectivity index (χ2n) is 8.62. The Morgan fingerprint density at radius 3 is 2.39 bits per heavy atom. The molecular formula is C25H31N5O3. The summed E-state index contributed by atoms with van der Waals surface area (Å²) in [5.41, 5.74) is 8.91. The molecule has 0 bridgehead atoms. The molecule has 0 saturated carbocycles. The van der Waals surface area contributed by atoms with E-state index < -0.39 is 0 Å². The second-order valence-corrected chi connectivity index (χ2v) is 8.62. The molecule has 8 heteroatoms. The highest BCUT2D eigenvalue weighted by Gasteiger charge is 2.23. The average molecular weight is 450 g/mol. The zero-order chi connectivity index (χ0) is 23.4. The number of fused-ring (bicyclic) bond motifs is 1. The van der Waals surface area contributed by atoms with Gasteiger partial charge in [-0.3, -0.25) is 23.6 Å². The minimum atomic E-state index is -0.208. The minimum Gasteiger partial charge on any atom is -0.369 e. The number of para-hydroxylation sites is 2. The molecule has 0 aliphatic carbocycles. The lowest BCUT2D eigenvalue weighted by atomic mass is 9.96. The number of nitrogens with two attached hydrogens (primary N) is 1. The van der Waals surface area contributed by atoms with Gasteiger partial charge in [0.25, 0.3) is 0 Å². The molecule has 0 radical (unpaired) electrons. The van der Waals surface area contributed by atoms with Gasteiger partial charge in [0.15, 0.2) is 0 Å². The highest BCUT2D eigenvalue weighted by atomic mass is 16.2. The molecule has 1 fully saturated rings. The number of primary amides is 1. The summed E-state index contributed by atoms with van der Waals surface area (Å²) < 4.78 is 3.40. The number of hydrogen-bond acceptors (Lipinski definition) is 4. The van der Waals surface area contributed by atoms with Crippen molar-refractivity contribution in [1.82, 2.24) is 14.0 Å². The van der Waals surface area contributed by atoms with Crippen molar-refractivity contribution in [3.63, 3.8) is 0 Å². The molecule has 1 aliphatic rings. The number of amides is 2. The zero-order valence-corrected chi connectivity index (χ0v) is 19.0. The summed E-state index contributed by atoms with van der Waals surface area (Å²) in [4.78, 5) is 39.0. The topological polar surface area (TPSA) is 102 Å². The molecule has 8 nitrogen and oxygen atoms in total. The van der Waals surface area contributed by atoms with Gasteiger partial charge in [-0.25, -0.2) is 4.79 Å². The van der Waals surface area contributed by atoms with Crippen molar-refractivity contribution in [3.05, 3.63) is 64.6 Å². The molecule has 1 aliphatic heterocycles. The van der Waals surface area contributed by atoms with Crippen molar-refractivity contribution in [2.45, 2.75) is 45.8 Å². The van der Waals surface area contributed by atoms with Gasteiger partial charge in [-0.1, -0.05) is 24.3 Å². The molecule has 3 N–H and O–H groups in total. The smallest absolute Gasteiger partial charge is 0.329 e. The van der Waals surface area contributed by atoms with Crippen molar-refractivity contribution in [2.24, 2.45) is 11.7 Å². The van der Waals surface area contributed by atoms with Crippen molar-refractivity contribution < 1.29 is 9.59 Å². The quantitative estimate of drug-likeness (QED) is 0.552. The number of imidazole rings is 1. The van der Waals surface area contributed by atoms with Gasteiger partial charge in [0.05, 0.1) is 11.0 Å². The molecule has 1 aromatic heterocycles. The average Bonchev–Trinajstić information content (AvgIpc) is 3.08. The van der Waals surface area contributed by atoms with E-state index in [1.54, 1.807) is 9.13 Å². The van der Waals surface area contributed by atoms with Gasteiger partial charge < -0.3 is 11.1 Å². The summed E-state index contributed by atoms with van der Waals surface area (Å²) in [6.07, 6.45) is 1.79. The maximum Gasteiger partial charge on any atom is 0.329 e. The highest BCUT2D eigenvalue weighted by molar-refractivity contribution is 5.90. The number of carbonyl (C=O) groups excluding carboxylic acids is 2. The number of rotatable bonds is 8. The van der Waals surface area contributed by atoms with E-state index in [9.17, 15) is 14.4 Å². The van der Waals surface area contributed by atoms with Crippen LogP contribution in [-0.2, 0) is 29.2 Å². The van der Waals surface area contributed by atoms with E-state index in [0.29, 0.717) is 13.1 Å². The first-order valence-electron chi connectivity index (χ1n) is 11.5. The van der Waals surface area contributed by atoms with Gasteiger partial charge in [-0.05, 0) is 62.7 Å². The van der Waals surface area contributed by atoms with Gasteiger partial charge in [0.2, 0.25) is 11.8 Å². The van der Waals surface area contributed by atoms with Crippen molar-refractivity contribution >= 4 is 28.5 Å². The number of piperidine rings is 1. The number of carbonyl (C=O) groups is 2. The van der Waals surface area contributed by atoms with E-state index in [4.69, 9.17) is 5.73 Å². The summed E-state index contributed by atoms with van der Waals surface area (Å²) in [5.74, 6) is -0.360. The molecule has 2 aromatic carbocycles. The Hall–Kier alpha value is -3.39. The normalized spacial score (nSPS) is 15.1. The highest BCUT2D eigenvalue weighted by Crippen LogP contribution is 2.20. The Balaban J connectivity index is 1.35. The lowest BCUT2D eigenvalue weighted by molar-refractivity contribution is -0.123. The first-order chi connectivity index (χ1) is 16.0. The van der Waals surface area contributed by atoms with Crippen LogP contribution in [0.1, 0.15) is 31.7 Å². The minimum absolute atomic E-state index is 0.0225. The molecule has 2 amide bonds. The van der Waals surface area contributed by atoms with Crippen LogP contribution in [0.4, 0.5) is 5.69 Å². The van der Waals surface area contributed by atoms with Crippen molar-refractivity contribution in [2.75, 3.05) is 18.4 Å². The molecule has 2 heterocycles. The monoisotopic (exact) mass is 449 g/mol. The number of nitrogens with zero attached hydrogens (tertiary/aromatic N) is 3. The summed E-state index contributed by atoms with van der Waals surface area (Å²) in [6, 6.07) is 15.5. The van der Waals surface area contributed by atoms with Crippen LogP contribution in [-0.4, -0.2) is 38.9 Å². The Bertz CT molecular complexity index is 1200. The summed E-state index contributed by atoms with van der Waals surface area (Å²) in [5, 5.41) is 2.96. The van der Waals surface area contributed by atoms with E-state index in [-0.39, 0.29) is 29.8 Å². The van der Waals surface area contributed by atoms with Crippen LogP contribution >= 0.6 is 0 Å². The Kier molecular flexibility index (Phi) is 6.93. The maximum atomic E-state index is 12.7. The summed E-state index contributed by atoms with van der Waals surface area (Å²) in [7, 11) is 0. The molecule has 0 spiro atoms. The summed E-state index contributed by atoms with van der Waals surface area (Å²) in [6.45, 7) is 5.30. The Morgan fingerprint density at radius 1 is 1.03 bits per heavy atom. The van der Waals surface area contributed by atoms with Crippen LogP contribution < -0.4 is 16.7 Å². The molecule has 0 atom stereocenters. The van der Waals surface area contributed by atoms with E-state index in [0.717, 1.165) is 54.8 Å². The van der Waals surface area contributed by atoms with Crippen molar-refractivity contribution in [1.29, 1.82) is 0 Å². The van der Waals surface area contributed by atoms with E-state index >= 15 is 0 Å². The molecule has 3 aromatic rings. The lowest BCUT2D eigenvalue weighted by Crippen LogP contribution is -2.38. The fraction of sp³-hybridized carbons (Fsp3) is 0.400. The summed E-state index contributed by atoms with van der Waals surface area (Å²) >= 11 is 0. The third-order valence-electron chi connectivity index (χ3n) is 6.41. The molecule has 1 saturated heterocycles. The first kappa shape index (κ1) is 22.8. The third kappa shape index (κ3) is 5.17. The number of benzene rings is 2. The second kappa shape index (κ2) is 10.0. The number of aryl methyl sites for hydroxylation is 2. The molecule has 4 rings (SSSR count). The number of anilines is 1. The van der Waals surface area contributed by atoms with Crippen LogP contribution in [0.3, 0.4) is 0 Å².